The van der Waals surface area contributed by atoms with Crippen LogP contribution < -0.4 is 0 Å². The van der Waals surface area contributed by atoms with Gasteiger partial charge in [-0.15, -0.1) is 0 Å². The van der Waals surface area contributed by atoms with E-state index in [0.29, 0.717) is 12.1 Å². The zero-order valence-corrected chi connectivity index (χ0v) is 18.0. The van der Waals surface area contributed by atoms with Crippen molar-refractivity contribution in [2.75, 3.05) is 26.2 Å². The summed E-state index contributed by atoms with van der Waals surface area (Å²) in [5.74, 6) is -1.28. The molecule has 1 amide bonds. The Bertz CT molecular complexity index is 915. The third-order valence-electron chi connectivity index (χ3n) is 5.75. The second-order valence-corrected chi connectivity index (χ2v) is 7.65. The van der Waals surface area contributed by atoms with Crippen LogP contribution in [0, 0.1) is 6.92 Å². The molecule has 5 heteroatoms. The maximum Gasteiger partial charge on any atom is 0.295 e. The minimum atomic E-state index is -0.621. The third-order valence-corrected chi connectivity index (χ3v) is 5.75. The van der Waals surface area contributed by atoms with E-state index < -0.39 is 17.7 Å². The molecular formula is C25H30N2O3. The Morgan fingerprint density at radius 3 is 2.23 bits per heavy atom. The normalized spacial score (nSPS) is 18.4. The lowest BCUT2D eigenvalue weighted by atomic mass is 9.95. The van der Waals surface area contributed by atoms with Gasteiger partial charge < -0.3 is 14.9 Å². The van der Waals surface area contributed by atoms with Crippen LogP contribution in [0.2, 0.25) is 0 Å². The third kappa shape index (κ3) is 4.46. The van der Waals surface area contributed by atoms with Crippen molar-refractivity contribution in [1.29, 1.82) is 0 Å². The van der Waals surface area contributed by atoms with Crippen LogP contribution in [0.5, 0.6) is 0 Å². The Kier molecular flexibility index (Phi) is 7.06. The van der Waals surface area contributed by atoms with Crippen molar-refractivity contribution in [2.24, 2.45) is 0 Å². The fraction of sp³-hybridized carbons (Fsp3) is 0.360. The van der Waals surface area contributed by atoms with E-state index in [1.54, 1.807) is 17.0 Å². The molecule has 30 heavy (non-hydrogen) atoms. The first kappa shape index (κ1) is 21.8. The van der Waals surface area contributed by atoms with E-state index in [0.717, 1.165) is 37.2 Å². The molecule has 1 aliphatic rings. The summed E-state index contributed by atoms with van der Waals surface area (Å²) >= 11 is 0. The number of amides is 1. The molecular weight excluding hydrogens is 376 g/mol. The van der Waals surface area contributed by atoms with Crippen LogP contribution in [0.1, 0.15) is 43.0 Å². The summed E-state index contributed by atoms with van der Waals surface area (Å²) in [5, 5.41) is 11.0. The summed E-state index contributed by atoms with van der Waals surface area (Å²) < 4.78 is 0. The molecule has 0 radical (unpaired) electrons. The van der Waals surface area contributed by atoms with Crippen molar-refractivity contribution >= 4 is 17.4 Å². The Hall–Kier alpha value is -2.92. The molecule has 5 nitrogen and oxygen atoms in total. The lowest BCUT2D eigenvalue weighted by Crippen LogP contribution is -2.33. The van der Waals surface area contributed by atoms with E-state index in [9.17, 15) is 14.7 Å². The molecule has 1 aliphatic heterocycles. The number of Topliss-reactive ketones (excluding diaryl/α,β-unsaturated/α-hetero) is 1. The van der Waals surface area contributed by atoms with E-state index in [1.807, 2.05) is 49.4 Å². The molecule has 2 aromatic rings. The van der Waals surface area contributed by atoms with Crippen molar-refractivity contribution in [3.63, 3.8) is 0 Å². The van der Waals surface area contributed by atoms with Gasteiger partial charge in [0.1, 0.15) is 5.76 Å². The zero-order chi connectivity index (χ0) is 21.7. The van der Waals surface area contributed by atoms with E-state index in [-0.39, 0.29) is 11.3 Å². The second-order valence-electron chi connectivity index (χ2n) is 7.65. The van der Waals surface area contributed by atoms with E-state index in [4.69, 9.17) is 0 Å². The van der Waals surface area contributed by atoms with Crippen LogP contribution in [0.4, 0.5) is 0 Å². The van der Waals surface area contributed by atoms with Crippen LogP contribution >= 0.6 is 0 Å². The minimum absolute atomic E-state index is 0.117. The van der Waals surface area contributed by atoms with Crippen molar-refractivity contribution in [3.05, 3.63) is 76.9 Å². The molecule has 0 spiro atoms. The number of benzene rings is 2. The average Bonchev–Trinajstić information content (AvgIpc) is 3.02. The van der Waals surface area contributed by atoms with E-state index in [1.165, 1.54) is 0 Å². The SMILES string of the molecule is CCN(CC)CCCN1C(=O)C(=O)C(=C(O)c2ccc(C)cc2)C1c1ccccc1. The number of hydrogen-bond donors (Lipinski definition) is 1. The van der Waals surface area contributed by atoms with Gasteiger partial charge in [0.25, 0.3) is 11.7 Å². The fourth-order valence-electron chi connectivity index (χ4n) is 3.96. The van der Waals surface area contributed by atoms with Crippen LogP contribution in [0.3, 0.4) is 0 Å². The van der Waals surface area contributed by atoms with Gasteiger partial charge in [0.05, 0.1) is 11.6 Å². The van der Waals surface area contributed by atoms with Gasteiger partial charge in [-0.25, -0.2) is 0 Å². The maximum absolute atomic E-state index is 13.0. The van der Waals surface area contributed by atoms with Gasteiger partial charge in [0.15, 0.2) is 0 Å². The van der Waals surface area contributed by atoms with Gasteiger partial charge in [-0.1, -0.05) is 74.0 Å². The molecule has 3 rings (SSSR count). The number of carbonyl (C=O) groups is 2. The summed E-state index contributed by atoms with van der Waals surface area (Å²) in [6.07, 6.45) is 0.766. The van der Waals surface area contributed by atoms with Crippen molar-refractivity contribution < 1.29 is 14.7 Å². The molecule has 0 aliphatic carbocycles. The number of aryl methyl sites for hydroxylation is 1. The number of aliphatic hydroxyl groups is 1. The monoisotopic (exact) mass is 406 g/mol. The second kappa shape index (κ2) is 9.72. The molecule has 1 heterocycles. The molecule has 1 saturated heterocycles. The van der Waals surface area contributed by atoms with Crippen molar-refractivity contribution in [3.8, 4) is 0 Å². The van der Waals surface area contributed by atoms with Crippen LogP contribution in [-0.4, -0.2) is 52.8 Å². The summed E-state index contributed by atoms with van der Waals surface area (Å²) in [6.45, 7) is 9.40. The predicted octanol–water partition coefficient (Wildman–Crippen LogP) is 4.15. The van der Waals surface area contributed by atoms with E-state index in [2.05, 4.69) is 18.7 Å². The topological polar surface area (TPSA) is 60.9 Å². The average molecular weight is 407 g/mol. The molecule has 1 N–H and O–H groups in total. The number of ketones is 1. The highest BCUT2D eigenvalue weighted by Crippen LogP contribution is 2.39. The number of carbonyl (C=O) groups excluding carboxylic acids is 2. The van der Waals surface area contributed by atoms with E-state index >= 15 is 0 Å². The minimum Gasteiger partial charge on any atom is -0.507 e. The van der Waals surface area contributed by atoms with Crippen molar-refractivity contribution in [1.82, 2.24) is 9.80 Å². The quantitative estimate of drug-likeness (QED) is 0.406. The van der Waals surface area contributed by atoms with Gasteiger partial charge in [-0.05, 0) is 38.5 Å². The highest BCUT2D eigenvalue weighted by atomic mass is 16.3. The van der Waals surface area contributed by atoms with Crippen LogP contribution in [0.25, 0.3) is 5.76 Å². The lowest BCUT2D eigenvalue weighted by Gasteiger charge is -2.26. The molecule has 1 unspecified atom stereocenters. The maximum atomic E-state index is 13.0. The predicted molar refractivity (Wildman–Crippen MR) is 119 cm³/mol. The number of hydrogen-bond acceptors (Lipinski definition) is 4. The molecule has 1 atom stereocenters. The van der Waals surface area contributed by atoms with Gasteiger partial charge in [-0.3, -0.25) is 9.59 Å². The molecule has 158 valence electrons. The standard InChI is InChI=1S/C25H30N2O3/c1-4-26(5-2)16-9-17-27-22(19-10-7-6-8-11-19)21(24(29)25(27)30)23(28)20-14-12-18(3)13-15-20/h6-8,10-15,22,28H,4-5,9,16-17H2,1-3H3. The van der Waals surface area contributed by atoms with Gasteiger partial charge in [0, 0.05) is 12.1 Å². The number of aliphatic hydroxyl groups excluding tert-OH is 1. The van der Waals surface area contributed by atoms with Crippen LogP contribution in [0.15, 0.2) is 60.2 Å². The van der Waals surface area contributed by atoms with Crippen LogP contribution in [-0.2, 0) is 9.59 Å². The highest BCUT2D eigenvalue weighted by molar-refractivity contribution is 6.46. The Morgan fingerprint density at radius 1 is 1.00 bits per heavy atom. The number of likely N-dealkylation sites (tertiary alicyclic amines) is 1. The first-order valence-electron chi connectivity index (χ1n) is 10.6. The van der Waals surface area contributed by atoms with Crippen molar-refractivity contribution in [2.45, 2.75) is 33.2 Å². The summed E-state index contributed by atoms with van der Waals surface area (Å²) in [7, 11) is 0. The van der Waals surface area contributed by atoms with Gasteiger partial charge in [0.2, 0.25) is 0 Å². The lowest BCUT2D eigenvalue weighted by molar-refractivity contribution is -0.140. The first-order valence-corrected chi connectivity index (χ1v) is 10.6. The van der Waals surface area contributed by atoms with Gasteiger partial charge >= 0.3 is 0 Å². The molecule has 1 fully saturated rings. The van der Waals surface area contributed by atoms with Gasteiger partial charge in [-0.2, -0.15) is 0 Å². The fourth-order valence-corrected chi connectivity index (χ4v) is 3.96. The molecule has 0 aromatic heterocycles. The highest BCUT2D eigenvalue weighted by Gasteiger charge is 2.45. The summed E-state index contributed by atoms with van der Waals surface area (Å²) in [4.78, 5) is 29.8. The summed E-state index contributed by atoms with van der Waals surface area (Å²) in [6, 6.07) is 16.2. The smallest absolute Gasteiger partial charge is 0.295 e. The Morgan fingerprint density at radius 2 is 1.63 bits per heavy atom. The number of rotatable bonds is 8. The summed E-state index contributed by atoms with van der Waals surface area (Å²) in [5.41, 5.74) is 2.59. The molecule has 2 aromatic carbocycles. The molecule has 0 saturated carbocycles. The Labute approximate surface area is 178 Å². The zero-order valence-electron chi connectivity index (χ0n) is 18.0. The Balaban J connectivity index is 1.99. The number of nitrogens with zero attached hydrogens (tertiary/aromatic N) is 2. The molecule has 0 bridgehead atoms. The largest absolute Gasteiger partial charge is 0.507 e. The first-order chi connectivity index (χ1) is 14.5.